The van der Waals surface area contributed by atoms with Gasteiger partial charge in [-0.3, -0.25) is 14.4 Å². The Morgan fingerprint density at radius 2 is 1.41 bits per heavy atom. The topological polar surface area (TPSA) is 156 Å². The van der Waals surface area contributed by atoms with Crippen molar-refractivity contribution in [2.45, 2.75) is 24.3 Å². The highest BCUT2D eigenvalue weighted by atomic mass is 32.2. The highest BCUT2D eigenvalue weighted by molar-refractivity contribution is 7.89. The van der Waals surface area contributed by atoms with Gasteiger partial charge >= 0.3 is 5.97 Å². The summed E-state index contributed by atoms with van der Waals surface area (Å²) in [5.74, 6) is -1.13. The van der Waals surface area contributed by atoms with Gasteiger partial charge in [-0.25, -0.2) is 13.6 Å². The van der Waals surface area contributed by atoms with Gasteiger partial charge in [0.1, 0.15) is 5.75 Å². The number of amides is 2. The summed E-state index contributed by atoms with van der Waals surface area (Å²) in [6.07, 6.45) is 0.0839. The Labute approximate surface area is 256 Å². The number of rotatable bonds is 13. The Hall–Kier alpha value is -5.00. The number of carboxylic acid groups (broad SMARTS) is 1. The summed E-state index contributed by atoms with van der Waals surface area (Å²) >= 11 is 0. The Morgan fingerprint density at radius 1 is 0.818 bits per heavy atom. The number of aliphatic carboxylic acids is 1. The zero-order valence-electron chi connectivity index (χ0n) is 24.1. The van der Waals surface area contributed by atoms with Crippen LogP contribution in [0.15, 0.2) is 102 Å². The van der Waals surface area contributed by atoms with Crippen LogP contribution in [-0.4, -0.2) is 56.4 Å². The molecule has 4 aromatic rings. The van der Waals surface area contributed by atoms with E-state index in [1.165, 1.54) is 17.0 Å². The van der Waals surface area contributed by atoms with Crippen molar-refractivity contribution in [1.82, 2.24) is 10.2 Å². The molecule has 44 heavy (non-hydrogen) atoms. The van der Waals surface area contributed by atoms with Gasteiger partial charge in [0.25, 0.3) is 11.8 Å². The van der Waals surface area contributed by atoms with Crippen molar-refractivity contribution in [3.8, 4) is 16.9 Å². The highest BCUT2D eigenvalue weighted by Crippen LogP contribution is 2.29. The average molecular weight is 616 g/mol. The molecule has 4 rings (SSSR count). The van der Waals surface area contributed by atoms with Gasteiger partial charge in [-0.1, -0.05) is 66.7 Å². The molecule has 0 radical (unpaired) electrons. The lowest BCUT2D eigenvalue weighted by molar-refractivity contribution is -0.137. The Balaban J connectivity index is 1.60. The summed E-state index contributed by atoms with van der Waals surface area (Å²) in [4.78, 5) is 40.2. The number of carbonyl (C=O) groups is 3. The molecule has 4 aromatic carbocycles. The lowest BCUT2D eigenvalue weighted by atomic mass is 9.94. The predicted octanol–water partition coefficient (Wildman–Crippen LogP) is 4.10. The van der Waals surface area contributed by atoms with Crippen molar-refractivity contribution in [1.29, 1.82) is 0 Å². The lowest BCUT2D eigenvalue weighted by Crippen LogP contribution is -2.35. The van der Waals surface area contributed by atoms with E-state index in [1.807, 2.05) is 24.3 Å². The normalized spacial score (nSPS) is 11.0. The van der Waals surface area contributed by atoms with Crippen LogP contribution >= 0.6 is 0 Å². The first-order valence-electron chi connectivity index (χ1n) is 13.8. The molecular weight excluding hydrogens is 582 g/mol. The summed E-state index contributed by atoms with van der Waals surface area (Å²) < 4.78 is 28.6. The van der Waals surface area contributed by atoms with Crippen molar-refractivity contribution in [3.63, 3.8) is 0 Å². The van der Waals surface area contributed by atoms with Crippen molar-refractivity contribution in [3.05, 3.63) is 119 Å². The number of sulfonamides is 1. The van der Waals surface area contributed by atoms with E-state index in [-0.39, 0.29) is 36.9 Å². The van der Waals surface area contributed by atoms with Gasteiger partial charge in [0.15, 0.2) is 0 Å². The van der Waals surface area contributed by atoms with E-state index >= 15 is 0 Å². The van der Waals surface area contributed by atoms with Crippen LogP contribution in [0.25, 0.3) is 11.1 Å². The molecule has 0 aliphatic carbocycles. The molecule has 0 saturated carbocycles. The van der Waals surface area contributed by atoms with Gasteiger partial charge in [0, 0.05) is 36.3 Å². The summed E-state index contributed by atoms with van der Waals surface area (Å²) in [7, 11) is -2.28. The number of nitrogens with two attached hydrogens (primary N) is 1. The number of primary sulfonamides is 1. The second-order valence-corrected chi connectivity index (χ2v) is 11.5. The predicted molar refractivity (Wildman–Crippen MR) is 166 cm³/mol. The van der Waals surface area contributed by atoms with Gasteiger partial charge < -0.3 is 20.1 Å². The van der Waals surface area contributed by atoms with Crippen molar-refractivity contribution >= 4 is 27.8 Å². The first-order valence-corrected chi connectivity index (χ1v) is 15.3. The third-order valence-corrected chi connectivity index (χ3v) is 7.99. The Bertz CT molecular complexity index is 1760. The molecule has 0 aliphatic rings. The van der Waals surface area contributed by atoms with E-state index < -0.39 is 21.9 Å². The minimum absolute atomic E-state index is 0.0282. The van der Waals surface area contributed by atoms with E-state index in [1.54, 1.807) is 67.8 Å². The van der Waals surface area contributed by atoms with Crippen LogP contribution in [0.1, 0.15) is 38.3 Å². The first-order chi connectivity index (χ1) is 21.1. The summed E-state index contributed by atoms with van der Waals surface area (Å²) in [6, 6.07) is 27.2. The average Bonchev–Trinajstić information content (AvgIpc) is 3.03. The second kappa shape index (κ2) is 14.5. The summed E-state index contributed by atoms with van der Waals surface area (Å²) in [5, 5.41) is 17.5. The first kappa shape index (κ1) is 31.9. The molecule has 0 aromatic heterocycles. The van der Waals surface area contributed by atoms with Crippen LogP contribution in [0.5, 0.6) is 5.75 Å². The summed E-state index contributed by atoms with van der Waals surface area (Å²) in [6.45, 7) is 0.369. The number of benzene rings is 4. The number of nitrogens with zero attached hydrogens (tertiary/aromatic N) is 1. The van der Waals surface area contributed by atoms with E-state index in [0.29, 0.717) is 34.4 Å². The maximum atomic E-state index is 13.9. The maximum Gasteiger partial charge on any atom is 0.305 e. The molecule has 0 unspecified atom stereocenters. The van der Waals surface area contributed by atoms with E-state index in [9.17, 15) is 27.9 Å². The third kappa shape index (κ3) is 8.09. The van der Waals surface area contributed by atoms with Crippen molar-refractivity contribution in [2.24, 2.45) is 5.14 Å². The summed E-state index contributed by atoms with van der Waals surface area (Å²) in [5.41, 5.74) is 3.31. The number of methoxy groups -OCH3 is 1. The molecule has 0 heterocycles. The number of para-hydroxylation sites is 1. The quantitative estimate of drug-likeness (QED) is 0.204. The zero-order chi connectivity index (χ0) is 31.7. The zero-order valence-corrected chi connectivity index (χ0v) is 24.9. The van der Waals surface area contributed by atoms with Crippen LogP contribution in [-0.2, 0) is 27.8 Å². The largest absolute Gasteiger partial charge is 0.496 e. The molecule has 10 nitrogen and oxygen atoms in total. The van der Waals surface area contributed by atoms with Crippen molar-refractivity contribution in [2.75, 3.05) is 20.2 Å². The number of hydrogen-bond acceptors (Lipinski definition) is 6. The van der Waals surface area contributed by atoms with Crippen LogP contribution in [0.2, 0.25) is 0 Å². The van der Waals surface area contributed by atoms with Gasteiger partial charge in [0.2, 0.25) is 10.0 Å². The molecule has 228 valence electrons. The van der Waals surface area contributed by atoms with Crippen LogP contribution < -0.4 is 15.2 Å². The molecule has 2 amide bonds. The van der Waals surface area contributed by atoms with Crippen molar-refractivity contribution < 1.29 is 32.6 Å². The van der Waals surface area contributed by atoms with Gasteiger partial charge in [-0.05, 0) is 53.4 Å². The van der Waals surface area contributed by atoms with Crippen LogP contribution in [0.4, 0.5) is 0 Å². The number of carbonyl (C=O) groups excluding carboxylic acids is 2. The Morgan fingerprint density at radius 3 is 2.05 bits per heavy atom. The second-order valence-electron chi connectivity index (χ2n) is 9.96. The highest BCUT2D eigenvalue weighted by Gasteiger charge is 2.23. The van der Waals surface area contributed by atoms with Gasteiger partial charge in [0.05, 0.1) is 18.4 Å². The van der Waals surface area contributed by atoms with Gasteiger partial charge in [-0.15, -0.1) is 0 Å². The van der Waals surface area contributed by atoms with E-state index in [4.69, 9.17) is 9.88 Å². The molecule has 0 bridgehead atoms. The molecule has 0 atom stereocenters. The molecule has 0 saturated heterocycles. The fourth-order valence-electron chi connectivity index (χ4n) is 4.77. The Kier molecular flexibility index (Phi) is 10.5. The third-order valence-electron chi connectivity index (χ3n) is 7.06. The maximum absolute atomic E-state index is 13.9. The number of nitrogens with one attached hydrogen (secondary N) is 1. The molecular formula is C33H33N3O7S. The van der Waals surface area contributed by atoms with E-state index in [2.05, 4.69) is 5.32 Å². The number of carboxylic acids is 1. The minimum atomic E-state index is -3.84. The van der Waals surface area contributed by atoms with Crippen LogP contribution in [0, 0.1) is 0 Å². The fraction of sp³-hybridized carbons (Fsp3) is 0.182. The molecule has 11 heteroatoms. The molecule has 0 fully saturated rings. The molecule has 4 N–H and O–H groups in total. The molecule has 0 aliphatic heterocycles. The molecule has 0 spiro atoms. The standard InChI is InChI=1S/C33H33N3O7S/c1-43-30-13-7-2-8-24(30)22-35-32(39)28-11-5-3-9-26(28)27-10-4-6-12-29(27)33(40)36(21-19-31(37)38)20-18-23-14-16-25(17-15-23)44(34,41)42/h2-17H,18-22H2,1H3,(H,35,39)(H,37,38)(H2,34,41,42). The van der Waals surface area contributed by atoms with Gasteiger partial charge in [-0.2, -0.15) is 0 Å². The monoisotopic (exact) mass is 615 g/mol. The number of ether oxygens (including phenoxy) is 1. The lowest BCUT2D eigenvalue weighted by Gasteiger charge is -2.24. The smallest absolute Gasteiger partial charge is 0.305 e. The SMILES string of the molecule is COc1ccccc1CNC(=O)c1ccccc1-c1ccccc1C(=O)N(CCC(=O)O)CCc1ccc(S(N)(=O)=O)cc1. The van der Waals surface area contributed by atoms with Crippen LogP contribution in [0.3, 0.4) is 0 Å². The number of hydrogen-bond donors (Lipinski definition) is 3. The van der Waals surface area contributed by atoms with E-state index in [0.717, 1.165) is 11.1 Å². The minimum Gasteiger partial charge on any atom is -0.496 e. The fourth-order valence-corrected chi connectivity index (χ4v) is 5.28.